The summed E-state index contributed by atoms with van der Waals surface area (Å²) in [5, 5.41) is 9.58. The van der Waals surface area contributed by atoms with Gasteiger partial charge in [-0.05, 0) is 31.2 Å². The smallest absolute Gasteiger partial charge is 0.160 e. The van der Waals surface area contributed by atoms with Gasteiger partial charge in [0.1, 0.15) is 0 Å². The standard InChI is InChI=1S/C17H21NO2/c1-18(14-15-8-3-2-4-9-15)12-7-13-20-17-11-6-5-10-16(17)19/h2-6,8-11,19H,7,12-14H2,1H3. The van der Waals surface area contributed by atoms with Gasteiger partial charge in [-0.1, -0.05) is 42.5 Å². The summed E-state index contributed by atoms with van der Waals surface area (Å²) in [4.78, 5) is 2.27. The van der Waals surface area contributed by atoms with E-state index in [0.717, 1.165) is 19.5 Å². The first-order valence-electron chi connectivity index (χ1n) is 6.89. The van der Waals surface area contributed by atoms with Crippen LogP contribution in [0.1, 0.15) is 12.0 Å². The Morgan fingerprint density at radius 1 is 1.00 bits per heavy atom. The van der Waals surface area contributed by atoms with E-state index in [-0.39, 0.29) is 5.75 Å². The number of nitrogens with zero attached hydrogens (tertiary/aromatic N) is 1. The molecule has 0 aliphatic carbocycles. The van der Waals surface area contributed by atoms with Crippen molar-refractivity contribution < 1.29 is 9.84 Å². The molecular weight excluding hydrogens is 250 g/mol. The van der Waals surface area contributed by atoms with Crippen LogP contribution in [0.5, 0.6) is 11.5 Å². The summed E-state index contributed by atoms with van der Waals surface area (Å²) in [5.74, 6) is 0.753. The molecule has 0 radical (unpaired) electrons. The molecule has 3 heteroatoms. The molecule has 0 atom stereocenters. The number of para-hydroxylation sites is 2. The predicted octanol–water partition coefficient (Wildman–Crippen LogP) is 3.29. The molecule has 2 rings (SSSR count). The molecule has 106 valence electrons. The zero-order valence-corrected chi connectivity index (χ0v) is 11.8. The highest BCUT2D eigenvalue weighted by molar-refractivity contribution is 5.37. The molecule has 0 saturated heterocycles. The molecule has 0 aliphatic rings. The molecule has 0 aromatic heterocycles. The molecule has 0 bridgehead atoms. The molecule has 2 aromatic carbocycles. The molecule has 0 spiro atoms. The van der Waals surface area contributed by atoms with Crippen LogP contribution >= 0.6 is 0 Å². The number of rotatable bonds is 7. The summed E-state index contributed by atoms with van der Waals surface area (Å²) in [6.07, 6.45) is 0.928. The van der Waals surface area contributed by atoms with Crippen LogP contribution in [-0.2, 0) is 6.54 Å². The minimum absolute atomic E-state index is 0.199. The SMILES string of the molecule is CN(CCCOc1ccccc1O)Cc1ccccc1. The molecule has 0 fully saturated rings. The van der Waals surface area contributed by atoms with Crippen molar-refractivity contribution in [3.63, 3.8) is 0 Å². The monoisotopic (exact) mass is 271 g/mol. The van der Waals surface area contributed by atoms with E-state index >= 15 is 0 Å². The molecule has 2 aromatic rings. The highest BCUT2D eigenvalue weighted by Gasteiger charge is 2.02. The second-order valence-electron chi connectivity index (χ2n) is 4.89. The quantitative estimate of drug-likeness (QED) is 0.784. The summed E-state index contributed by atoms with van der Waals surface area (Å²) in [7, 11) is 2.10. The van der Waals surface area contributed by atoms with Gasteiger partial charge < -0.3 is 14.7 Å². The number of hydrogen-bond acceptors (Lipinski definition) is 3. The minimum atomic E-state index is 0.199. The first kappa shape index (κ1) is 14.4. The van der Waals surface area contributed by atoms with Crippen molar-refractivity contribution >= 4 is 0 Å². The van der Waals surface area contributed by atoms with Gasteiger partial charge in [0.2, 0.25) is 0 Å². The molecule has 0 heterocycles. The zero-order chi connectivity index (χ0) is 14.2. The highest BCUT2D eigenvalue weighted by Crippen LogP contribution is 2.24. The topological polar surface area (TPSA) is 32.7 Å². The molecule has 0 aliphatic heterocycles. The van der Waals surface area contributed by atoms with Crippen LogP contribution in [0.3, 0.4) is 0 Å². The van der Waals surface area contributed by atoms with E-state index in [4.69, 9.17) is 4.74 Å². The van der Waals surface area contributed by atoms with E-state index in [1.54, 1.807) is 18.2 Å². The lowest BCUT2D eigenvalue weighted by Crippen LogP contribution is -2.20. The fraction of sp³-hybridized carbons (Fsp3) is 0.294. The number of aromatic hydroxyl groups is 1. The first-order valence-corrected chi connectivity index (χ1v) is 6.89. The maximum atomic E-state index is 9.58. The van der Waals surface area contributed by atoms with Crippen molar-refractivity contribution in [2.24, 2.45) is 0 Å². The third-order valence-electron chi connectivity index (χ3n) is 3.10. The van der Waals surface area contributed by atoms with Gasteiger partial charge in [-0.3, -0.25) is 0 Å². The number of phenolic OH excluding ortho intramolecular Hbond substituents is 1. The predicted molar refractivity (Wildman–Crippen MR) is 81.0 cm³/mol. The average Bonchev–Trinajstić information content (AvgIpc) is 2.46. The number of phenols is 1. The summed E-state index contributed by atoms with van der Waals surface area (Å²) in [6.45, 7) is 2.51. The largest absolute Gasteiger partial charge is 0.504 e. The van der Waals surface area contributed by atoms with Crippen LogP contribution < -0.4 is 4.74 Å². The third-order valence-corrected chi connectivity index (χ3v) is 3.10. The Bertz CT molecular complexity index is 513. The molecule has 0 unspecified atom stereocenters. The highest BCUT2D eigenvalue weighted by atomic mass is 16.5. The lowest BCUT2D eigenvalue weighted by Gasteiger charge is -2.16. The van der Waals surface area contributed by atoms with Gasteiger partial charge in [-0.25, -0.2) is 0 Å². The molecule has 1 N–H and O–H groups in total. The van der Waals surface area contributed by atoms with Gasteiger partial charge in [0.05, 0.1) is 6.61 Å². The van der Waals surface area contributed by atoms with Crippen molar-refractivity contribution in [2.45, 2.75) is 13.0 Å². The van der Waals surface area contributed by atoms with Crippen LogP contribution in [0.4, 0.5) is 0 Å². The van der Waals surface area contributed by atoms with E-state index in [2.05, 4.69) is 36.2 Å². The Morgan fingerprint density at radius 2 is 1.70 bits per heavy atom. The number of ether oxygens (including phenoxy) is 1. The third kappa shape index (κ3) is 4.59. The number of benzene rings is 2. The van der Waals surface area contributed by atoms with Crippen molar-refractivity contribution in [3.05, 3.63) is 60.2 Å². The van der Waals surface area contributed by atoms with Crippen LogP contribution in [0.25, 0.3) is 0 Å². The number of hydrogen-bond donors (Lipinski definition) is 1. The van der Waals surface area contributed by atoms with Gasteiger partial charge >= 0.3 is 0 Å². The normalized spacial score (nSPS) is 10.7. The second-order valence-corrected chi connectivity index (χ2v) is 4.89. The minimum Gasteiger partial charge on any atom is -0.504 e. The van der Waals surface area contributed by atoms with E-state index in [9.17, 15) is 5.11 Å². The molecular formula is C17H21NO2. The summed E-state index contributed by atoms with van der Waals surface area (Å²) < 4.78 is 5.56. The van der Waals surface area contributed by atoms with Crippen molar-refractivity contribution in [1.82, 2.24) is 4.90 Å². The van der Waals surface area contributed by atoms with Crippen molar-refractivity contribution in [1.29, 1.82) is 0 Å². The van der Waals surface area contributed by atoms with Crippen LogP contribution in [0.2, 0.25) is 0 Å². The Balaban J connectivity index is 1.67. The Morgan fingerprint density at radius 3 is 2.45 bits per heavy atom. The van der Waals surface area contributed by atoms with E-state index in [1.165, 1.54) is 5.56 Å². The maximum absolute atomic E-state index is 9.58. The van der Waals surface area contributed by atoms with Gasteiger partial charge in [0.15, 0.2) is 11.5 Å². The molecule has 20 heavy (non-hydrogen) atoms. The van der Waals surface area contributed by atoms with E-state index in [1.807, 2.05) is 12.1 Å². The molecule has 3 nitrogen and oxygen atoms in total. The average molecular weight is 271 g/mol. The van der Waals surface area contributed by atoms with Crippen molar-refractivity contribution in [2.75, 3.05) is 20.2 Å². The van der Waals surface area contributed by atoms with Crippen molar-refractivity contribution in [3.8, 4) is 11.5 Å². The summed E-state index contributed by atoms with van der Waals surface area (Å²) in [6, 6.07) is 17.5. The van der Waals surface area contributed by atoms with Crippen LogP contribution in [-0.4, -0.2) is 30.2 Å². The Labute approximate surface area is 120 Å². The van der Waals surface area contributed by atoms with Crippen LogP contribution in [0.15, 0.2) is 54.6 Å². The summed E-state index contributed by atoms with van der Waals surface area (Å²) >= 11 is 0. The molecule has 0 amide bonds. The van der Waals surface area contributed by atoms with Crippen LogP contribution in [0, 0.1) is 0 Å². The maximum Gasteiger partial charge on any atom is 0.160 e. The van der Waals surface area contributed by atoms with Gasteiger partial charge in [0.25, 0.3) is 0 Å². The Kier molecular flexibility index (Phi) is 5.44. The van der Waals surface area contributed by atoms with Gasteiger partial charge in [-0.15, -0.1) is 0 Å². The zero-order valence-electron chi connectivity index (χ0n) is 11.8. The van der Waals surface area contributed by atoms with Gasteiger partial charge in [-0.2, -0.15) is 0 Å². The second kappa shape index (κ2) is 7.56. The van der Waals surface area contributed by atoms with Gasteiger partial charge in [0, 0.05) is 13.1 Å². The lowest BCUT2D eigenvalue weighted by molar-refractivity contribution is 0.252. The fourth-order valence-corrected chi connectivity index (χ4v) is 2.07. The lowest BCUT2D eigenvalue weighted by atomic mass is 10.2. The first-order chi connectivity index (χ1) is 9.75. The summed E-state index contributed by atoms with van der Waals surface area (Å²) in [5.41, 5.74) is 1.32. The van der Waals surface area contributed by atoms with E-state index < -0.39 is 0 Å². The Hall–Kier alpha value is -2.00. The molecule has 0 saturated carbocycles. The fourth-order valence-electron chi connectivity index (χ4n) is 2.07. The van der Waals surface area contributed by atoms with E-state index in [0.29, 0.717) is 12.4 Å².